The lowest BCUT2D eigenvalue weighted by Crippen LogP contribution is -2.19. The Hall–Kier alpha value is -5.94. The average Bonchev–Trinajstić information content (AvgIpc) is 3.69. The molecule has 234 valence electrons. The van der Waals surface area contributed by atoms with Crippen LogP contribution in [0.3, 0.4) is 0 Å². The fraction of sp³-hybridized carbons (Fsp3) is 0.139. The lowest BCUT2D eigenvalue weighted by Gasteiger charge is -2.12. The first kappa shape index (κ1) is 29.8. The second kappa shape index (κ2) is 12.8. The Morgan fingerprint density at radius 3 is 2.60 bits per heavy atom. The number of nitrogens with zero attached hydrogens (tertiary/aromatic N) is 5. The Labute approximate surface area is 269 Å². The molecule has 7 aromatic rings. The van der Waals surface area contributed by atoms with Gasteiger partial charge in [-0.2, -0.15) is 5.10 Å². The molecule has 7 rings (SSSR count). The van der Waals surface area contributed by atoms with E-state index in [1.165, 1.54) is 12.1 Å². The van der Waals surface area contributed by atoms with Crippen LogP contribution in [-0.2, 0) is 11.2 Å². The van der Waals surface area contributed by atoms with Gasteiger partial charge in [-0.15, -0.1) is 0 Å². The van der Waals surface area contributed by atoms with Gasteiger partial charge in [-0.25, -0.2) is 4.39 Å². The summed E-state index contributed by atoms with van der Waals surface area (Å²) in [5, 5.41) is 12.3. The van der Waals surface area contributed by atoms with Gasteiger partial charge in [0.15, 0.2) is 0 Å². The zero-order valence-corrected chi connectivity index (χ0v) is 25.8. The maximum Gasteiger partial charge on any atom is 0.228 e. The number of aromatic amines is 2. The van der Waals surface area contributed by atoms with E-state index in [0.29, 0.717) is 41.5 Å². The number of carbonyl (C=O) groups is 1. The Morgan fingerprint density at radius 1 is 0.894 bits per heavy atom. The molecule has 0 spiro atoms. The number of rotatable bonds is 10. The summed E-state index contributed by atoms with van der Waals surface area (Å²) in [6.07, 6.45) is 8.77. The smallest absolute Gasteiger partial charge is 0.228 e. The maximum absolute atomic E-state index is 14.7. The zero-order chi connectivity index (χ0) is 32.3. The van der Waals surface area contributed by atoms with Crippen molar-refractivity contribution >= 4 is 33.4 Å². The molecule has 0 saturated carbocycles. The minimum absolute atomic E-state index is 0.130. The molecule has 0 atom stereocenters. The number of halogens is 1. The molecule has 0 aliphatic heterocycles. The van der Waals surface area contributed by atoms with Gasteiger partial charge in [0.25, 0.3) is 0 Å². The molecule has 0 aliphatic carbocycles. The van der Waals surface area contributed by atoms with Crippen molar-refractivity contribution in [1.82, 2.24) is 35.0 Å². The number of aromatic nitrogens is 6. The number of hydrogen-bond acceptors (Lipinski definition) is 7. The van der Waals surface area contributed by atoms with E-state index in [9.17, 15) is 9.18 Å². The van der Waals surface area contributed by atoms with Crippen molar-refractivity contribution in [2.45, 2.75) is 6.42 Å². The van der Waals surface area contributed by atoms with E-state index in [1.54, 1.807) is 31.0 Å². The van der Waals surface area contributed by atoms with Gasteiger partial charge in [0.1, 0.15) is 23.9 Å². The highest BCUT2D eigenvalue weighted by Gasteiger charge is 2.17. The van der Waals surface area contributed by atoms with Gasteiger partial charge < -0.3 is 19.9 Å². The molecule has 5 aromatic heterocycles. The summed E-state index contributed by atoms with van der Waals surface area (Å²) in [7, 11) is 3.92. The van der Waals surface area contributed by atoms with Crippen LogP contribution in [0.4, 0.5) is 10.1 Å². The molecule has 0 fully saturated rings. The molecule has 0 unspecified atom stereocenters. The van der Waals surface area contributed by atoms with E-state index >= 15 is 0 Å². The fourth-order valence-corrected chi connectivity index (χ4v) is 5.47. The third-order valence-corrected chi connectivity index (χ3v) is 7.76. The van der Waals surface area contributed by atoms with Gasteiger partial charge >= 0.3 is 0 Å². The highest BCUT2D eigenvalue weighted by molar-refractivity contribution is 6.01. The Balaban J connectivity index is 1.18. The minimum atomic E-state index is -0.386. The molecule has 0 saturated heterocycles. The van der Waals surface area contributed by atoms with Gasteiger partial charge in [0.2, 0.25) is 5.91 Å². The Kier molecular flexibility index (Phi) is 8.11. The summed E-state index contributed by atoms with van der Waals surface area (Å²) in [5.41, 5.74) is 7.35. The van der Waals surface area contributed by atoms with Crippen LogP contribution in [0.1, 0.15) is 5.56 Å². The van der Waals surface area contributed by atoms with Crippen LogP contribution in [0.5, 0.6) is 5.75 Å². The molecule has 11 heteroatoms. The number of benzene rings is 2. The van der Waals surface area contributed by atoms with Crippen LogP contribution in [0, 0.1) is 5.82 Å². The molecular formula is C36H31FN8O2. The molecule has 0 aliphatic rings. The van der Waals surface area contributed by atoms with Crippen molar-refractivity contribution in [2.24, 2.45) is 0 Å². The zero-order valence-electron chi connectivity index (χ0n) is 25.8. The van der Waals surface area contributed by atoms with Gasteiger partial charge in [0, 0.05) is 46.9 Å². The Morgan fingerprint density at radius 2 is 1.74 bits per heavy atom. The molecule has 0 radical (unpaired) electrons. The third-order valence-electron chi connectivity index (χ3n) is 7.76. The van der Waals surface area contributed by atoms with Gasteiger partial charge in [-0.3, -0.25) is 24.8 Å². The summed E-state index contributed by atoms with van der Waals surface area (Å²) in [4.78, 5) is 31.5. The van der Waals surface area contributed by atoms with Crippen LogP contribution in [0.15, 0.2) is 97.7 Å². The van der Waals surface area contributed by atoms with Gasteiger partial charge in [0.05, 0.1) is 53.1 Å². The molecule has 10 nitrogen and oxygen atoms in total. The van der Waals surface area contributed by atoms with Crippen LogP contribution < -0.4 is 10.1 Å². The van der Waals surface area contributed by atoms with Crippen LogP contribution >= 0.6 is 0 Å². The van der Waals surface area contributed by atoms with E-state index in [-0.39, 0.29) is 18.1 Å². The minimum Gasteiger partial charge on any atom is -0.492 e. The number of hydrogen-bond donors (Lipinski definition) is 3. The second-order valence-electron chi connectivity index (χ2n) is 11.5. The molecule has 47 heavy (non-hydrogen) atoms. The SMILES string of the molecule is CN(C)CCOc1cc(F)cc(-c2cncc3[nH]c(-c4n[nH]c5cnc(-c6cncc(NC(=O)Cc7ccccc7)c6)cc45)cc23)c1. The van der Waals surface area contributed by atoms with Crippen molar-refractivity contribution in [3.63, 3.8) is 0 Å². The molecule has 2 aromatic carbocycles. The number of anilines is 1. The Bertz CT molecular complexity index is 2210. The first-order valence-electron chi connectivity index (χ1n) is 15.1. The largest absolute Gasteiger partial charge is 0.492 e. The van der Waals surface area contributed by atoms with E-state index < -0.39 is 0 Å². The van der Waals surface area contributed by atoms with E-state index in [0.717, 1.165) is 44.2 Å². The summed E-state index contributed by atoms with van der Waals surface area (Å²) in [6, 6.07) is 20.1. The number of ether oxygens (including phenoxy) is 1. The lowest BCUT2D eigenvalue weighted by molar-refractivity contribution is -0.115. The maximum atomic E-state index is 14.7. The van der Waals surface area contributed by atoms with Crippen molar-refractivity contribution in [3.8, 4) is 39.5 Å². The van der Waals surface area contributed by atoms with Gasteiger partial charge in [-0.05, 0) is 55.6 Å². The molecule has 5 heterocycles. The predicted molar refractivity (Wildman–Crippen MR) is 180 cm³/mol. The van der Waals surface area contributed by atoms with E-state index in [1.807, 2.05) is 73.6 Å². The lowest BCUT2D eigenvalue weighted by atomic mass is 10.0. The fourth-order valence-electron chi connectivity index (χ4n) is 5.47. The topological polar surface area (TPSA) is 125 Å². The number of likely N-dealkylation sites (N-methyl/N-ethyl adjacent to an activating group) is 1. The average molecular weight is 627 g/mol. The second-order valence-corrected chi connectivity index (χ2v) is 11.5. The molecular weight excluding hydrogens is 595 g/mol. The number of H-pyrrole nitrogens is 2. The van der Waals surface area contributed by atoms with E-state index in [2.05, 4.69) is 35.5 Å². The monoisotopic (exact) mass is 626 g/mol. The number of pyridine rings is 3. The first-order chi connectivity index (χ1) is 22.9. The third kappa shape index (κ3) is 6.56. The highest BCUT2D eigenvalue weighted by Crippen LogP contribution is 2.35. The molecule has 3 N–H and O–H groups in total. The number of nitrogens with one attached hydrogen (secondary N) is 3. The summed E-state index contributed by atoms with van der Waals surface area (Å²) < 4.78 is 20.5. The summed E-state index contributed by atoms with van der Waals surface area (Å²) in [6.45, 7) is 1.16. The summed E-state index contributed by atoms with van der Waals surface area (Å²) in [5.74, 6) is -0.0558. The summed E-state index contributed by atoms with van der Waals surface area (Å²) >= 11 is 0. The van der Waals surface area contributed by atoms with Crippen molar-refractivity contribution in [3.05, 3.63) is 109 Å². The van der Waals surface area contributed by atoms with Gasteiger partial charge in [-0.1, -0.05) is 30.3 Å². The van der Waals surface area contributed by atoms with Crippen molar-refractivity contribution < 1.29 is 13.9 Å². The number of carbonyl (C=O) groups excluding carboxylic acids is 1. The standard InChI is InChI=1S/C36H31FN8O2/c1-45(2)8-9-47-27-13-23(11-25(37)14-27)30-19-39-20-33-28(30)15-32(42-33)36-29-16-31(40-21-34(29)43-44-36)24-12-26(18-38-17-24)41-35(46)10-22-6-4-3-5-7-22/h3-7,11-21,42H,8-10H2,1-2H3,(H,41,46)(H,43,44). The van der Waals surface area contributed by atoms with Crippen LogP contribution in [0.2, 0.25) is 0 Å². The highest BCUT2D eigenvalue weighted by atomic mass is 19.1. The van der Waals surface area contributed by atoms with Crippen molar-refractivity contribution in [2.75, 3.05) is 32.6 Å². The van der Waals surface area contributed by atoms with Crippen LogP contribution in [-0.4, -0.2) is 68.2 Å². The normalized spacial score (nSPS) is 11.4. The number of amides is 1. The van der Waals surface area contributed by atoms with E-state index in [4.69, 9.17) is 4.74 Å². The molecule has 0 bridgehead atoms. The van der Waals surface area contributed by atoms with Crippen LogP contribution in [0.25, 0.3) is 55.6 Å². The van der Waals surface area contributed by atoms with Crippen molar-refractivity contribution in [1.29, 1.82) is 0 Å². The first-order valence-corrected chi connectivity index (χ1v) is 15.1. The predicted octanol–water partition coefficient (Wildman–Crippen LogP) is 6.49. The quantitative estimate of drug-likeness (QED) is 0.159. The molecule has 1 amide bonds. The number of fused-ring (bicyclic) bond motifs is 2.